The van der Waals surface area contributed by atoms with Crippen LogP contribution in [0.4, 0.5) is 0 Å². The number of hydrogen-bond donors (Lipinski definition) is 1. The van der Waals surface area contributed by atoms with Gasteiger partial charge in [-0.05, 0) is 65.2 Å². The van der Waals surface area contributed by atoms with Crippen molar-refractivity contribution in [1.82, 2.24) is 4.90 Å². The Morgan fingerprint density at radius 3 is 2.83 bits per heavy atom. The first kappa shape index (κ1) is 18.8. The number of likely N-dealkylation sites (tertiary alicyclic amines) is 1. The summed E-state index contributed by atoms with van der Waals surface area (Å²) < 4.78 is 6.10. The molecule has 24 heavy (non-hydrogen) atoms. The van der Waals surface area contributed by atoms with E-state index in [2.05, 4.69) is 15.9 Å². The van der Waals surface area contributed by atoms with E-state index < -0.39 is 5.97 Å². The third-order valence-corrected chi connectivity index (χ3v) is 5.10. The van der Waals surface area contributed by atoms with Gasteiger partial charge >= 0.3 is 5.97 Å². The minimum absolute atomic E-state index is 0.155. The highest BCUT2D eigenvalue weighted by atomic mass is 79.9. The van der Waals surface area contributed by atoms with E-state index >= 15 is 0 Å². The predicted molar refractivity (Wildman–Crippen MR) is 95.2 cm³/mol. The van der Waals surface area contributed by atoms with Gasteiger partial charge in [-0.2, -0.15) is 0 Å². The highest BCUT2D eigenvalue weighted by molar-refractivity contribution is 9.10. The molecule has 1 saturated heterocycles. The number of carbonyl (C=O) groups is 2. The molecule has 0 bridgehead atoms. The van der Waals surface area contributed by atoms with Gasteiger partial charge < -0.3 is 14.7 Å². The number of aryl methyl sites for hydroxylation is 1. The van der Waals surface area contributed by atoms with E-state index in [4.69, 9.17) is 9.84 Å². The van der Waals surface area contributed by atoms with Gasteiger partial charge in [0.25, 0.3) is 0 Å². The van der Waals surface area contributed by atoms with Gasteiger partial charge in [0.2, 0.25) is 5.91 Å². The van der Waals surface area contributed by atoms with Crippen molar-refractivity contribution >= 4 is 27.8 Å². The molecule has 1 aromatic carbocycles. The molecular formula is C18H24BrNO4. The van der Waals surface area contributed by atoms with E-state index in [-0.39, 0.29) is 12.3 Å². The van der Waals surface area contributed by atoms with Crippen molar-refractivity contribution < 1.29 is 19.4 Å². The molecule has 1 aliphatic rings. The second-order valence-electron chi connectivity index (χ2n) is 6.25. The lowest BCUT2D eigenvalue weighted by Crippen LogP contribution is -2.40. The van der Waals surface area contributed by atoms with Crippen LogP contribution >= 0.6 is 15.9 Å². The zero-order valence-electron chi connectivity index (χ0n) is 14.0. The Morgan fingerprint density at radius 2 is 2.17 bits per heavy atom. The highest BCUT2D eigenvalue weighted by Gasteiger charge is 2.23. The molecule has 1 aliphatic heterocycles. The molecule has 1 N–H and O–H groups in total. The third kappa shape index (κ3) is 5.51. The Balaban J connectivity index is 1.83. The predicted octanol–water partition coefficient (Wildman–Crippen LogP) is 3.49. The van der Waals surface area contributed by atoms with E-state index in [1.54, 1.807) is 7.11 Å². The van der Waals surface area contributed by atoms with Crippen molar-refractivity contribution in [3.8, 4) is 5.75 Å². The molecule has 5 nitrogen and oxygen atoms in total. The van der Waals surface area contributed by atoms with Crippen molar-refractivity contribution in [3.05, 3.63) is 28.2 Å². The lowest BCUT2D eigenvalue weighted by Gasteiger charge is -2.32. The lowest BCUT2D eigenvalue weighted by atomic mass is 9.93. The van der Waals surface area contributed by atoms with Gasteiger partial charge in [0.05, 0.1) is 11.6 Å². The van der Waals surface area contributed by atoms with Gasteiger partial charge in [-0.1, -0.05) is 6.07 Å². The summed E-state index contributed by atoms with van der Waals surface area (Å²) in [6.07, 6.45) is 3.99. The molecule has 2 rings (SSSR count). The van der Waals surface area contributed by atoms with Crippen molar-refractivity contribution in [2.24, 2.45) is 5.92 Å². The zero-order chi connectivity index (χ0) is 17.5. The Labute approximate surface area is 151 Å². The number of carboxylic acids is 1. The Morgan fingerprint density at radius 1 is 1.38 bits per heavy atom. The van der Waals surface area contributed by atoms with Crippen LogP contribution in [0.25, 0.3) is 0 Å². The van der Waals surface area contributed by atoms with Gasteiger partial charge in [0.15, 0.2) is 0 Å². The van der Waals surface area contributed by atoms with Gasteiger partial charge in [-0.15, -0.1) is 0 Å². The van der Waals surface area contributed by atoms with Crippen LogP contribution in [0.5, 0.6) is 5.75 Å². The fraction of sp³-hybridized carbons (Fsp3) is 0.556. The number of ether oxygens (including phenoxy) is 1. The molecule has 0 radical (unpaired) electrons. The van der Waals surface area contributed by atoms with Crippen molar-refractivity contribution in [2.45, 2.75) is 38.5 Å². The second-order valence-corrected chi connectivity index (χ2v) is 7.10. The van der Waals surface area contributed by atoms with E-state index in [0.717, 1.165) is 35.2 Å². The summed E-state index contributed by atoms with van der Waals surface area (Å²) in [4.78, 5) is 25.0. The molecule has 1 heterocycles. The zero-order valence-corrected chi connectivity index (χ0v) is 15.5. The monoisotopic (exact) mass is 397 g/mol. The van der Waals surface area contributed by atoms with Crippen LogP contribution in [-0.2, 0) is 16.0 Å². The van der Waals surface area contributed by atoms with Crippen LogP contribution in [0, 0.1) is 5.92 Å². The molecule has 1 unspecified atom stereocenters. The number of nitrogens with zero attached hydrogens (tertiary/aromatic N) is 1. The second kappa shape index (κ2) is 9.06. The number of carboxylic acid groups (broad SMARTS) is 1. The molecule has 1 aromatic rings. The maximum Gasteiger partial charge on any atom is 0.303 e. The number of benzene rings is 1. The van der Waals surface area contributed by atoms with Gasteiger partial charge in [-0.25, -0.2) is 0 Å². The van der Waals surface area contributed by atoms with Crippen LogP contribution in [-0.4, -0.2) is 42.1 Å². The average molecular weight is 398 g/mol. The molecule has 0 aromatic heterocycles. The van der Waals surface area contributed by atoms with Crippen LogP contribution in [0.2, 0.25) is 0 Å². The summed E-state index contributed by atoms with van der Waals surface area (Å²) in [5.74, 6) is 0.488. The van der Waals surface area contributed by atoms with Crippen molar-refractivity contribution in [2.75, 3.05) is 20.2 Å². The number of aliphatic carboxylic acids is 1. The molecular weight excluding hydrogens is 374 g/mol. The number of hydrogen-bond acceptors (Lipinski definition) is 3. The first-order valence-electron chi connectivity index (χ1n) is 8.31. The van der Waals surface area contributed by atoms with Crippen LogP contribution < -0.4 is 4.74 Å². The van der Waals surface area contributed by atoms with Crippen LogP contribution in [0.15, 0.2) is 22.7 Å². The first-order valence-corrected chi connectivity index (χ1v) is 9.11. The average Bonchev–Trinajstić information content (AvgIpc) is 2.58. The van der Waals surface area contributed by atoms with E-state index in [9.17, 15) is 9.59 Å². The molecule has 6 heteroatoms. The Bertz CT molecular complexity index is 590. The van der Waals surface area contributed by atoms with Crippen LogP contribution in [0.3, 0.4) is 0 Å². The number of carbonyl (C=O) groups excluding carboxylic acids is 1. The number of piperidine rings is 1. The SMILES string of the molecule is COc1ccc(CCC(=O)N2CCCC(CCC(=O)O)C2)cc1Br. The summed E-state index contributed by atoms with van der Waals surface area (Å²) in [5, 5.41) is 8.80. The van der Waals surface area contributed by atoms with E-state index in [1.165, 1.54) is 0 Å². The highest BCUT2D eigenvalue weighted by Crippen LogP contribution is 2.26. The number of halogens is 1. The third-order valence-electron chi connectivity index (χ3n) is 4.48. The summed E-state index contributed by atoms with van der Waals surface area (Å²) in [6, 6.07) is 5.85. The molecule has 1 amide bonds. The smallest absolute Gasteiger partial charge is 0.303 e. The molecule has 0 saturated carbocycles. The number of amides is 1. The largest absolute Gasteiger partial charge is 0.496 e. The number of rotatable bonds is 7. The quantitative estimate of drug-likeness (QED) is 0.764. The van der Waals surface area contributed by atoms with Gasteiger partial charge in [0.1, 0.15) is 5.75 Å². The molecule has 0 aliphatic carbocycles. The maximum atomic E-state index is 12.4. The Hall–Kier alpha value is -1.56. The molecule has 0 spiro atoms. The topological polar surface area (TPSA) is 66.8 Å². The van der Waals surface area contributed by atoms with E-state index in [0.29, 0.717) is 31.7 Å². The van der Waals surface area contributed by atoms with E-state index in [1.807, 2.05) is 23.1 Å². The minimum atomic E-state index is -0.761. The van der Waals surface area contributed by atoms with Crippen LogP contribution in [0.1, 0.15) is 37.7 Å². The van der Waals surface area contributed by atoms with Crippen molar-refractivity contribution in [1.29, 1.82) is 0 Å². The molecule has 1 fully saturated rings. The summed E-state index contributed by atoms with van der Waals surface area (Å²) >= 11 is 3.46. The summed E-state index contributed by atoms with van der Waals surface area (Å²) in [5.41, 5.74) is 1.09. The fourth-order valence-corrected chi connectivity index (χ4v) is 3.72. The minimum Gasteiger partial charge on any atom is -0.496 e. The molecule has 132 valence electrons. The van der Waals surface area contributed by atoms with Gasteiger partial charge in [0, 0.05) is 25.9 Å². The summed E-state index contributed by atoms with van der Waals surface area (Å²) in [6.45, 7) is 1.48. The molecule has 1 atom stereocenters. The first-order chi connectivity index (χ1) is 11.5. The Kier molecular flexibility index (Phi) is 7.09. The normalized spacial score (nSPS) is 17.6. The number of methoxy groups -OCH3 is 1. The van der Waals surface area contributed by atoms with Gasteiger partial charge in [-0.3, -0.25) is 9.59 Å². The fourth-order valence-electron chi connectivity index (χ4n) is 3.13. The lowest BCUT2D eigenvalue weighted by molar-refractivity contribution is -0.137. The van der Waals surface area contributed by atoms with Crippen molar-refractivity contribution in [3.63, 3.8) is 0 Å². The standard InChI is InChI=1S/C18H24BrNO4/c1-24-16-7-4-13(11-15(16)19)5-8-17(21)20-10-2-3-14(12-20)6-9-18(22)23/h4,7,11,14H,2-3,5-6,8-10,12H2,1H3,(H,22,23). The maximum absolute atomic E-state index is 12.4. The summed E-state index contributed by atoms with van der Waals surface area (Å²) in [7, 11) is 1.63.